The van der Waals surface area contributed by atoms with Crippen LogP contribution in [0.3, 0.4) is 0 Å². The molecule has 0 aliphatic heterocycles. The Morgan fingerprint density at radius 1 is 0.400 bits per heavy atom. The number of nitrogens with zero attached hydrogens (tertiary/aromatic N) is 4. The lowest BCUT2D eigenvalue weighted by Crippen LogP contribution is -2.09. The Balaban J connectivity index is 1.28. The number of anilines is 3. The first-order valence-electron chi connectivity index (χ1n) is 12.9. The number of rotatable bonds is 9. The van der Waals surface area contributed by atoms with E-state index in [1.165, 1.54) is 0 Å². The molecular formula is C33H27N7. The molecule has 0 saturated carbocycles. The molecule has 6 rings (SSSR count). The van der Waals surface area contributed by atoms with Crippen LogP contribution in [0.1, 0.15) is 17.1 Å². The zero-order valence-electron chi connectivity index (χ0n) is 21.6. The lowest BCUT2D eigenvalue weighted by molar-refractivity contribution is 1.28. The molecule has 0 radical (unpaired) electrons. The molecule has 6 aromatic rings. The third kappa shape index (κ3) is 6.06. The van der Waals surface area contributed by atoms with Crippen molar-refractivity contribution in [2.75, 3.05) is 4.90 Å². The Bertz CT molecular complexity index is 1480. The van der Waals surface area contributed by atoms with E-state index in [0.29, 0.717) is 0 Å². The molecule has 3 heterocycles. The SMILES string of the molecule is C(=Nc1ccc(N(c2ccc(N=Cc3ccc[nH]3)cc2)c2ccc(N=Cc3ccc[nH]3)cc2)cc1)c1ccc[nH]1. The molecule has 3 N–H and O–H groups in total. The van der Waals surface area contributed by atoms with Gasteiger partial charge in [-0.15, -0.1) is 0 Å². The largest absolute Gasteiger partial charge is 0.360 e. The van der Waals surface area contributed by atoms with Crippen molar-refractivity contribution in [1.82, 2.24) is 15.0 Å². The highest BCUT2D eigenvalue weighted by molar-refractivity contribution is 5.83. The van der Waals surface area contributed by atoms with Gasteiger partial charge < -0.3 is 19.9 Å². The van der Waals surface area contributed by atoms with Gasteiger partial charge in [-0.05, 0) is 109 Å². The zero-order chi connectivity index (χ0) is 27.0. The van der Waals surface area contributed by atoms with Gasteiger partial charge in [-0.2, -0.15) is 0 Å². The maximum Gasteiger partial charge on any atom is 0.0632 e. The predicted octanol–water partition coefficient (Wildman–Crippen LogP) is 8.39. The van der Waals surface area contributed by atoms with Gasteiger partial charge in [-0.3, -0.25) is 15.0 Å². The molecule has 194 valence electrons. The number of H-pyrrole nitrogens is 3. The van der Waals surface area contributed by atoms with E-state index >= 15 is 0 Å². The number of nitrogens with one attached hydrogen (secondary N) is 3. The van der Waals surface area contributed by atoms with Gasteiger partial charge in [0.2, 0.25) is 0 Å². The quantitative estimate of drug-likeness (QED) is 0.164. The van der Waals surface area contributed by atoms with Crippen LogP contribution in [0, 0.1) is 0 Å². The first-order valence-corrected chi connectivity index (χ1v) is 12.9. The molecule has 0 spiro atoms. The second kappa shape index (κ2) is 11.8. The average molecular weight is 522 g/mol. The highest BCUT2D eigenvalue weighted by Gasteiger charge is 2.12. The number of aromatic amines is 3. The van der Waals surface area contributed by atoms with E-state index in [0.717, 1.165) is 51.2 Å². The van der Waals surface area contributed by atoms with Gasteiger partial charge in [0.1, 0.15) is 0 Å². The minimum absolute atomic E-state index is 0.876. The maximum atomic E-state index is 4.59. The summed E-state index contributed by atoms with van der Waals surface area (Å²) in [5.74, 6) is 0. The van der Waals surface area contributed by atoms with E-state index in [4.69, 9.17) is 0 Å². The average Bonchev–Trinajstić information content (AvgIpc) is 3.81. The lowest BCUT2D eigenvalue weighted by Gasteiger charge is -2.25. The molecule has 0 aliphatic carbocycles. The van der Waals surface area contributed by atoms with E-state index < -0.39 is 0 Å². The van der Waals surface area contributed by atoms with Crippen molar-refractivity contribution in [3.8, 4) is 0 Å². The van der Waals surface area contributed by atoms with E-state index in [-0.39, 0.29) is 0 Å². The van der Waals surface area contributed by atoms with Crippen molar-refractivity contribution in [3.63, 3.8) is 0 Å². The van der Waals surface area contributed by atoms with Crippen molar-refractivity contribution >= 4 is 52.8 Å². The third-order valence-corrected chi connectivity index (χ3v) is 6.25. The smallest absolute Gasteiger partial charge is 0.0632 e. The van der Waals surface area contributed by atoms with E-state index in [1.807, 2.05) is 110 Å². The molecule has 0 unspecified atom stereocenters. The lowest BCUT2D eigenvalue weighted by atomic mass is 10.1. The van der Waals surface area contributed by atoms with Crippen LogP contribution in [0.25, 0.3) is 0 Å². The molecule has 40 heavy (non-hydrogen) atoms. The van der Waals surface area contributed by atoms with Gasteiger partial charge in [0, 0.05) is 35.7 Å². The molecule has 7 heteroatoms. The van der Waals surface area contributed by atoms with Crippen LogP contribution in [-0.4, -0.2) is 33.6 Å². The number of aromatic nitrogens is 3. The number of hydrogen-bond donors (Lipinski definition) is 3. The van der Waals surface area contributed by atoms with Crippen molar-refractivity contribution < 1.29 is 0 Å². The van der Waals surface area contributed by atoms with Crippen LogP contribution in [0.5, 0.6) is 0 Å². The molecule has 7 nitrogen and oxygen atoms in total. The summed E-state index contributed by atoms with van der Waals surface area (Å²) in [5.41, 5.74) is 8.57. The number of hydrogen-bond acceptors (Lipinski definition) is 4. The Labute approximate surface area is 232 Å². The van der Waals surface area contributed by atoms with Gasteiger partial charge >= 0.3 is 0 Å². The fourth-order valence-corrected chi connectivity index (χ4v) is 4.22. The van der Waals surface area contributed by atoms with Gasteiger partial charge in [0.15, 0.2) is 0 Å². The second-order valence-corrected chi connectivity index (χ2v) is 9.04. The van der Waals surface area contributed by atoms with Crippen LogP contribution >= 0.6 is 0 Å². The summed E-state index contributed by atoms with van der Waals surface area (Å²) in [7, 11) is 0. The van der Waals surface area contributed by atoms with Crippen LogP contribution in [0.2, 0.25) is 0 Å². The van der Waals surface area contributed by atoms with E-state index in [9.17, 15) is 0 Å². The summed E-state index contributed by atoms with van der Waals surface area (Å²) in [4.78, 5) is 25.4. The minimum atomic E-state index is 0.876. The Kier molecular flexibility index (Phi) is 7.26. The van der Waals surface area contributed by atoms with Crippen molar-refractivity contribution in [1.29, 1.82) is 0 Å². The molecule has 0 aliphatic rings. The van der Waals surface area contributed by atoms with Crippen molar-refractivity contribution in [2.24, 2.45) is 15.0 Å². The zero-order valence-corrected chi connectivity index (χ0v) is 21.6. The van der Waals surface area contributed by atoms with E-state index in [1.54, 1.807) is 0 Å². The molecule has 3 aromatic carbocycles. The van der Waals surface area contributed by atoms with Crippen molar-refractivity contribution in [2.45, 2.75) is 0 Å². The first kappa shape index (κ1) is 24.6. The Hall–Kier alpha value is -5.69. The van der Waals surface area contributed by atoms with Gasteiger partial charge in [-0.1, -0.05) is 0 Å². The number of benzene rings is 3. The van der Waals surface area contributed by atoms with Crippen LogP contribution in [0.15, 0.2) is 143 Å². The van der Waals surface area contributed by atoms with Crippen LogP contribution < -0.4 is 4.90 Å². The standard InChI is InChI=1S/C33H27N7/c1-4-28(34-19-1)22-37-25-7-13-31(14-8-25)40(32-15-9-26(10-16-32)38-23-29-5-2-20-35-29)33-17-11-27(12-18-33)39-24-30-6-3-21-36-30/h1-24,34-36H. The van der Waals surface area contributed by atoms with Gasteiger partial charge in [-0.25, -0.2) is 0 Å². The summed E-state index contributed by atoms with van der Waals surface area (Å²) in [5, 5.41) is 0. The minimum Gasteiger partial charge on any atom is -0.360 e. The monoisotopic (exact) mass is 521 g/mol. The topological polar surface area (TPSA) is 87.7 Å². The van der Waals surface area contributed by atoms with Gasteiger partial charge in [0.05, 0.1) is 52.8 Å². The van der Waals surface area contributed by atoms with Crippen LogP contribution in [-0.2, 0) is 0 Å². The summed E-state index contributed by atoms with van der Waals surface area (Å²) in [6, 6.07) is 36.4. The second-order valence-electron chi connectivity index (χ2n) is 9.04. The summed E-state index contributed by atoms with van der Waals surface area (Å²) < 4.78 is 0. The normalized spacial score (nSPS) is 11.7. The molecule has 0 saturated heterocycles. The molecule has 0 atom stereocenters. The predicted molar refractivity (Wildman–Crippen MR) is 165 cm³/mol. The van der Waals surface area contributed by atoms with Gasteiger partial charge in [0.25, 0.3) is 0 Å². The summed E-state index contributed by atoms with van der Waals surface area (Å²) in [6.45, 7) is 0. The molecule has 0 bridgehead atoms. The molecule has 3 aromatic heterocycles. The first-order chi connectivity index (χ1) is 19.8. The van der Waals surface area contributed by atoms with E-state index in [2.05, 4.69) is 71.2 Å². The highest BCUT2D eigenvalue weighted by Crippen LogP contribution is 2.36. The molecule has 0 fully saturated rings. The highest BCUT2D eigenvalue weighted by atomic mass is 15.1. The Morgan fingerprint density at radius 3 is 0.950 bits per heavy atom. The van der Waals surface area contributed by atoms with Crippen molar-refractivity contribution in [3.05, 3.63) is 145 Å². The van der Waals surface area contributed by atoms with Crippen LogP contribution in [0.4, 0.5) is 34.1 Å². The fourth-order valence-electron chi connectivity index (χ4n) is 4.22. The molecular weight excluding hydrogens is 494 g/mol. The number of aliphatic imine (C=N–C) groups is 3. The summed E-state index contributed by atoms with van der Waals surface area (Å²) >= 11 is 0. The maximum absolute atomic E-state index is 4.59. The Morgan fingerprint density at radius 2 is 0.700 bits per heavy atom. The fraction of sp³-hybridized carbons (Fsp3) is 0. The molecule has 0 amide bonds. The third-order valence-electron chi connectivity index (χ3n) is 6.25. The summed E-state index contributed by atoms with van der Waals surface area (Å²) in [6.07, 6.45) is 11.1.